The molecule has 25 heavy (non-hydrogen) atoms. The Hall–Kier alpha value is -2.01. The van der Waals surface area contributed by atoms with E-state index >= 15 is 0 Å². The van der Waals surface area contributed by atoms with Crippen molar-refractivity contribution in [1.29, 1.82) is 0 Å². The molecule has 0 radical (unpaired) electrons. The highest BCUT2D eigenvalue weighted by molar-refractivity contribution is 7.89. The van der Waals surface area contributed by atoms with Gasteiger partial charge in [0.25, 0.3) is 0 Å². The van der Waals surface area contributed by atoms with Gasteiger partial charge in [0.15, 0.2) is 10.3 Å². The fourth-order valence-corrected chi connectivity index (χ4v) is 4.63. The van der Waals surface area contributed by atoms with E-state index in [1.54, 1.807) is 24.3 Å². The standard InChI is InChI=1S/C15H17N5O2S3/c1-9-13(24-14(16)17-9)12-8-23-15(19-12)18-10-4-6-11(7-5-10)25(21,22)20(2)3/h4-8H,1-3H3,(H2,16,17)(H,18,19). The third kappa shape index (κ3) is 3.66. The highest BCUT2D eigenvalue weighted by Crippen LogP contribution is 2.34. The number of anilines is 3. The topological polar surface area (TPSA) is 101 Å². The monoisotopic (exact) mass is 395 g/mol. The van der Waals surface area contributed by atoms with Gasteiger partial charge in [-0.3, -0.25) is 0 Å². The minimum atomic E-state index is -3.43. The van der Waals surface area contributed by atoms with E-state index in [1.165, 1.54) is 41.1 Å². The van der Waals surface area contributed by atoms with E-state index < -0.39 is 10.0 Å². The van der Waals surface area contributed by atoms with Crippen LogP contribution in [0.1, 0.15) is 5.69 Å². The molecular formula is C15H17N5O2S3. The van der Waals surface area contributed by atoms with Crippen molar-refractivity contribution < 1.29 is 8.42 Å². The third-order valence-electron chi connectivity index (χ3n) is 3.43. The molecule has 0 unspecified atom stereocenters. The maximum Gasteiger partial charge on any atom is 0.242 e. The number of hydrogen-bond donors (Lipinski definition) is 2. The predicted octanol–water partition coefficient (Wildman–Crippen LogP) is 3.15. The Morgan fingerprint density at radius 1 is 1.16 bits per heavy atom. The van der Waals surface area contributed by atoms with Gasteiger partial charge < -0.3 is 11.1 Å². The molecule has 2 aromatic heterocycles. The van der Waals surface area contributed by atoms with Crippen LogP contribution in [0.25, 0.3) is 10.6 Å². The van der Waals surface area contributed by atoms with Crippen LogP contribution in [0.5, 0.6) is 0 Å². The van der Waals surface area contributed by atoms with Crippen LogP contribution < -0.4 is 11.1 Å². The largest absolute Gasteiger partial charge is 0.375 e. The Morgan fingerprint density at radius 2 is 1.84 bits per heavy atom. The number of thiazole rings is 2. The maximum atomic E-state index is 12.1. The first-order chi connectivity index (χ1) is 11.8. The highest BCUT2D eigenvalue weighted by atomic mass is 32.2. The summed E-state index contributed by atoms with van der Waals surface area (Å²) in [5.41, 5.74) is 8.18. The van der Waals surface area contributed by atoms with Crippen LogP contribution in [0.4, 0.5) is 16.0 Å². The molecular weight excluding hydrogens is 378 g/mol. The second-order valence-corrected chi connectivity index (χ2v) is 9.48. The molecule has 0 spiro atoms. The van der Waals surface area contributed by atoms with Gasteiger partial charge in [0.05, 0.1) is 21.2 Å². The lowest BCUT2D eigenvalue weighted by atomic mass is 10.3. The van der Waals surface area contributed by atoms with Crippen LogP contribution in [0.2, 0.25) is 0 Å². The molecule has 3 N–H and O–H groups in total. The van der Waals surface area contributed by atoms with Gasteiger partial charge in [0.1, 0.15) is 0 Å². The number of nitrogen functional groups attached to an aromatic ring is 1. The van der Waals surface area contributed by atoms with Crippen molar-refractivity contribution in [2.24, 2.45) is 0 Å². The summed E-state index contributed by atoms with van der Waals surface area (Å²) in [7, 11) is -0.412. The summed E-state index contributed by atoms with van der Waals surface area (Å²) in [6.45, 7) is 1.90. The Bertz CT molecular complexity index is 991. The van der Waals surface area contributed by atoms with E-state index in [0.29, 0.717) is 10.3 Å². The average molecular weight is 396 g/mol. The number of nitrogens with two attached hydrogens (primary N) is 1. The zero-order chi connectivity index (χ0) is 18.2. The Balaban J connectivity index is 1.79. The molecule has 1 aromatic carbocycles. The van der Waals surface area contributed by atoms with Crippen molar-refractivity contribution in [3.05, 3.63) is 35.3 Å². The summed E-state index contributed by atoms with van der Waals surface area (Å²) >= 11 is 2.87. The smallest absolute Gasteiger partial charge is 0.242 e. The van der Waals surface area contributed by atoms with Crippen LogP contribution in [-0.2, 0) is 10.0 Å². The number of nitrogens with one attached hydrogen (secondary N) is 1. The molecule has 0 aliphatic carbocycles. The molecule has 0 saturated heterocycles. The molecule has 3 aromatic rings. The van der Waals surface area contributed by atoms with Crippen LogP contribution in [0.3, 0.4) is 0 Å². The second kappa shape index (κ2) is 6.71. The van der Waals surface area contributed by atoms with Gasteiger partial charge in [0, 0.05) is 25.2 Å². The van der Waals surface area contributed by atoms with Crippen LogP contribution in [-0.4, -0.2) is 36.8 Å². The Labute approximate surface area is 154 Å². The Kier molecular flexibility index (Phi) is 4.78. The van der Waals surface area contributed by atoms with Gasteiger partial charge in [0.2, 0.25) is 10.0 Å². The van der Waals surface area contributed by atoms with Crippen molar-refractivity contribution in [2.75, 3.05) is 25.1 Å². The molecule has 7 nitrogen and oxygen atoms in total. The first-order valence-corrected chi connectivity index (χ1v) is 10.4. The lowest BCUT2D eigenvalue weighted by Crippen LogP contribution is -2.22. The molecule has 0 amide bonds. The van der Waals surface area contributed by atoms with Crippen LogP contribution in [0.15, 0.2) is 34.5 Å². The minimum Gasteiger partial charge on any atom is -0.375 e. The first kappa shape index (κ1) is 17.8. The molecule has 0 aliphatic heterocycles. The third-order valence-corrected chi connectivity index (χ3v) is 7.03. The van der Waals surface area contributed by atoms with Crippen molar-refractivity contribution in [2.45, 2.75) is 11.8 Å². The summed E-state index contributed by atoms with van der Waals surface area (Å²) in [5, 5.41) is 6.35. The van der Waals surface area contributed by atoms with Gasteiger partial charge in [-0.2, -0.15) is 0 Å². The lowest BCUT2D eigenvalue weighted by Gasteiger charge is -2.11. The molecule has 0 atom stereocenters. The fraction of sp³-hybridized carbons (Fsp3) is 0.200. The number of sulfonamides is 1. The molecule has 0 bridgehead atoms. The molecule has 0 fully saturated rings. The number of benzene rings is 1. The maximum absolute atomic E-state index is 12.1. The molecule has 0 saturated carbocycles. The number of hydrogen-bond acceptors (Lipinski definition) is 8. The van der Waals surface area contributed by atoms with E-state index in [0.717, 1.165) is 22.0 Å². The van der Waals surface area contributed by atoms with Gasteiger partial charge in [-0.25, -0.2) is 22.7 Å². The molecule has 132 valence electrons. The van der Waals surface area contributed by atoms with Gasteiger partial charge in [-0.15, -0.1) is 11.3 Å². The van der Waals surface area contributed by atoms with Gasteiger partial charge >= 0.3 is 0 Å². The zero-order valence-corrected chi connectivity index (χ0v) is 16.3. The predicted molar refractivity (Wildman–Crippen MR) is 103 cm³/mol. The summed E-state index contributed by atoms with van der Waals surface area (Å²) in [6, 6.07) is 6.57. The first-order valence-electron chi connectivity index (χ1n) is 7.26. The van der Waals surface area contributed by atoms with Crippen molar-refractivity contribution in [3.63, 3.8) is 0 Å². The second-order valence-electron chi connectivity index (χ2n) is 5.44. The summed E-state index contributed by atoms with van der Waals surface area (Å²) < 4.78 is 25.3. The highest BCUT2D eigenvalue weighted by Gasteiger charge is 2.17. The quantitative estimate of drug-likeness (QED) is 0.688. The SMILES string of the molecule is Cc1nc(N)sc1-c1csc(Nc2ccc(S(=O)(=O)N(C)C)cc2)n1. The van der Waals surface area contributed by atoms with Crippen LogP contribution >= 0.6 is 22.7 Å². The van der Waals surface area contributed by atoms with E-state index in [9.17, 15) is 8.42 Å². The lowest BCUT2D eigenvalue weighted by molar-refractivity contribution is 0.521. The normalized spacial score (nSPS) is 11.8. The zero-order valence-electron chi connectivity index (χ0n) is 13.8. The summed E-state index contributed by atoms with van der Waals surface area (Å²) in [6.07, 6.45) is 0. The molecule has 3 rings (SSSR count). The number of nitrogens with zero attached hydrogens (tertiary/aromatic N) is 3. The number of aromatic nitrogens is 2. The Morgan fingerprint density at radius 3 is 2.40 bits per heavy atom. The van der Waals surface area contributed by atoms with E-state index in [2.05, 4.69) is 15.3 Å². The van der Waals surface area contributed by atoms with Crippen molar-refractivity contribution in [3.8, 4) is 10.6 Å². The molecule has 2 heterocycles. The minimum absolute atomic E-state index is 0.249. The average Bonchev–Trinajstić information content (AvgIpc) is 3.13. The van der Waals surface area contributed by atoms with Gasteiger partial charge in [-0.05, 0) is 31.2 Å². The van der Waals surface area contributed by atoms with E-state index in [-0.39, 0.29) is 4.90 Å². The fourth-order valence-electron chi connectivity index (χ4n) is 2.13. The van der Waals surface area contributed by atoms with Crippen LogP contribution in [0, 0.1) is 6.92 Å². The van der Waals surface area contributed by atoms with E-state index in [1.807, 2.05) is 12.3 Å². The molecule has 0 aliphatic rings. The molecule has 10 heteroatoms. The van der Waals surface area contributed by atoms with Crippen molar-refractivity contribution in [1.82, 2.24) is 14.3 Å². The summed E-state index contributed by atoms with van der Waals surface area (Å²) in [4.78, 5) is 9.95. The van der Waals surface area contributed by atoms with Crippen molar-refractivity contribution >= 4 is 48.6 Å². The van der Waals surface area contributed by atoms with E-state index in [4.69, 9.17) is 5.73 Å². The summed E-state index contributed by atoms with van der Waals surface area (Å²) in [5.74, 6) is 0. The number of aryl methyl sites for hydroxylation is 1. The van der Waals surface area contributed by atoms with Gasteiger partial charge in [-0.1, -0.05) is 11.3 Å². The number of rotatable bonds is 5.